The number of benzene rings is 2. The third-order valence-corrected chi connectivity index (χ3v) is 4.47. The molecule has 0 heterocycles. The highest BCUT2D eigenvalue weighted by Gasteiger charge is 2.15. The first-order valence-electron chi connectivity index (χ1n) is 9.33. The van der Waals surface area contributed by atoms with E-state index in [1.54, 1.807) is 12.1 Å². The molecule has 0 aliphatic carbocycles. The molecule has 0 saturated heterocycles. The lowest BCUT2D eigenvalue weighted by Gasteiger charge is -2.22. The van der Waals surface area contributed by atoms with Crippen molar-refractivity contribution in [1.82, 2.24) is 4.90 Å². The molecule has 0 unspecified atom stereocenters. The van der Waals surface area contributed by atoms with Gasteiger partial charge in [-0.2, -0.15) is 0 Å². The topological polar surface area (TPSA) is 49.8 Å². The van der Waals surface area contributed by atoms with Crippen molar-refractivity contribution in [2.75, 3.05) is 26.2 Å². The zero-order chi connectivity index (χ0) is 18.8. The quantitative estimate of drug-likeness (QED) is 0.626. The van der Waals surface area contributed by atoms with Crippen LogP contribution in [0.3, 0.4) is 0 Å². The van der Waals surface area contributed by atoms with Gasteiger partial charge in [0.2, 0.25) is 0 Å². The molecule has 26 heavy (non-hydrogen) atoms. The summed E-state index contributed by atoms with van der Waals surface area (Å²) in [6.07, 6.45) is 0.563. The molecule has 1 N–H and O–H groups in total. The molecule has 0 aliphatic heterocycles. The first-order chi connectivity index (χ1) is 12.6. The fourth-order valence-corrected chi connectivity index (χ4v) is 2.88. The average molecular weight is 355 g/mol. The summed E-state index contributed by atoms with van der Waals surface area (Å²) < 4.78 is 5.76. The smallest absolute Gasteiger partial charge is 0.166 e. The maximum Gasteiger partial charge on any atom is 0.166 e. The lowest BCUT2D eigenvalue weighted by atomic mass is 10.0. The minimum atomic E-state index is -0.581. The Morgan fingerprint density at radius 2 is 1.69 bits per heavy atom. The second-order valence-corrected chi connectivity index (χ2v) is 6.36. The summed E-state index contributed by atoms with van der Waals surface area (Å²) >= 11 is 0. The van der Waals surface area contributed by atoms with Gasteiger partial charge in [-0.3, -0.25) is 4.79 Å². The van der Waals surface area contributed by atoms with Gasteiger partial charge in [-0.15, -0.1) is 0 Å². The van der Waals surface area contributed by atoms with Crippen molar-refractivity contribution < 1.29 is 14.6 Å². The van der Waals surface area contributed by atoms with Crippen molar-refractivity contribution in [1.29, 1.82) is 0 Å². The first-order valence-corrected chi connectivity index (χ1v) is 9.33. The summed E-state index contributed by atoms with van der Waals surface area (Å²) in [6.45, 7) is 6.66. The summed E-state index contributed by atoms with van der Waals surface area (Å²) in [5.74, 6) is 0.604. The Morgan fingerprint density at radius 3 is 2.38 bits per heavy atom. The molecule has 0 aliphatic rings. The largest absolute Gasteiger partial charge is 0.490 e. The van der Waals surface area contributed by atoms with Gasteiger partial charge >= 0.3 is 0 Å². The highest BCUT2D eigenvalue weighted by molar-refractivity contribution is 5.98. The van der Waals surface area contributed by atoms with Gasteiger partial charge in [-0.25, -0.2) is 0 Å². The van der Waals surface area contributed by atoms with E-state index >= 15 is 0 Å². The number of rotatable bonds is 11. The first kappa shape index (κ1) is 20.1. The predicted molar refractivity (Wildman–Crippen MR) is 105 cm³/mol. The Kier molecular flexibility index (Phi) is 8.32. The summed E-state index contributed by atoms with van der Waals surface area (Å²) in [4.78, 5) is 14.7. The van der Waals surface area contributed by atoms with E-state index in [1.165, 1.54) is 0 Å². The van der Waals surface area contributed by atoms with Crippen LogP contribution in [0.4, 0.5) is 0 Å². The standard InChI is InChI=1S/C22H29NO3/c1-3-23(4-2)16-19(24)17-26-22-13-9-8-12-20(22)21(25)15-14-18-10-6-5-7-11-18/h5-13,19,24H,3-4,14-17H2,1-2H3/t19-/m1/s1. The van der Waals surface area contributed by atoms with Crippen LogP contribution in [0.15, 0.2) is 54.6 Å². The van der Waals surface area contributed by atoms with Crippen molar-refractivity contribution in [2.45, 2.75) is 32.8 Å². The highest BCUT2D eigenvalue weighted by Crippen LogP contribution is 2.21. The molecule has 0 bridgehead atoms. The second kappa shape index (κ2) is 10.7. The van der Waals surface area contributed by atoms with Crippen molar-refractivity contribution in [3.05, 3.63) is 65.7 Å². The van der Waals surface area contributed by atoms with Crippen molar-refractivity contribution in [2.24, 2.45) is 0 Å². The van der Waals surface area contributed by atoms with Gasteiger partial charge in [0.1, 0.15) is 18.5 Å². The molecule has 0 amide bonds. The Balaban J connectivity index is 1.93. The third kappa shape index (κ3) is 6.28. The zero-order valence-electron chi connectivity index (χ0n) is 15.7. The normalized spacial score (nSPS) is 12.2. The molecule has 0 radical (unpaired) electrons. The summed E-state index contributed by atoms with van der Waals surface area (Å²) in [6, 6.07) is 17.3. The predicted octanol–water partition coefficient (Wildman–Crippen LogP) is 3.58. The van der Waals surface area contributed by atoms with E-state index in [-0.39, 0.29) is 12.4 Å². The minimum Gasteiger partial charge on any atom is -0.490 e. The molecular weight excluding hydrogens is 326 g/mol. The lowest BCUT2D eigenvalue weighted by Crippen LogP contribution is -2.35. The third-order valence-electron chi connectivity index (χ3n) is 4.47. The Bertz CT molecular complexity index is 668. The number of aliphatic hydroxyl groups excluding tert-OH is 1. The maximum absolute atomic E-state index is 12.6. The second-order valence-electron chi connectivity index (χ2n) is 6.36. The number of aliphatic hydroxyl groups is 1. The number of likely N-dealkylation sites (N-methyl/N-ethyl adjacent to an activating group) is 1. The molecule has 140 valence electrons. The van der Waals surface area contributed by atoms with E-state index in [1.807, 2.05) is 42.5 Å². The molecule has 0 saturated carbocycles. The van der Waals surface area contributed by atoms with Crippen molar-refractivity contribution in [3.63, 3.8) is 0 Å². The van der Waals surface area contributed by atoms with Gasteiger partial charge in [0.25, 0.3) is 0 Å². The Labute approximate surface area is 156 Å². The number of Topliss-reactive ketones (excluding diaryl/α,β-unsaturated/α-hetero) is 1. The van der Waals surface area contributed by atoms with Crippen LogP contribution in [-0.2, 0) is 6.42 Å². The van der Waals surface area contributed by atoms with Crippen LogP contribution in [-0.4, -0.2) is 48.1 Å². The van der Waals surface area contributed by atoms with Gasteiger partial charge in [-0.05, 0) is 37.2 Å². The van der Waals surface area contributed by atoms with Gasteiger partial charge in [0.15, 0.2) is 5.78 Å². The molecule has 0 spiro atoms. The van der Waals surface area contributed by atoms with Gasteiger partial charge in [0.05, 0.1) is 5.56 Å². The number of aryl methyl sites for hydroxylation is 1. The molecule has 0 fully saturated rings. The molecule has 2 aromatic rings. The summed E-state index contributed by atoms with van der Waals surface area (Å²) in [5, 5.41) is 10.2. The van der Waals surface area contributed by atoms with E-state index in [4.69, 9.17) is 4.74 Å². The van der Waals surface area contributed by atoms with Gasteiger partial charge < -0.3 is 14.7 Å². The number of hydrogen-bond acceptors (Lipinski definition) is 4. The Morgan fingerprint density at radius 1 is 1.04 bits per heavy atom. The number of nitrogens with zero attached hydrogens (tertiary/aromatic N) is 1. The van der Waals surface area contributed by atoms with Crippen LogP contribution < -0.4 is 4.74 Å². The zero-order valence-corrected chi connectivity index (χ0v) is 15.7. The fraction of sp³-hybridized carbons (Fsp3) is 0.409. The van der Waals surface area contributed by atoms with E-state index in [2.05, 4.69) is 18.7 Å². The molecule has 2 rings (SSSR count). The number of para-hydroxylation sites is 1. The number of ketones is 1. The molecule has 4 heteroatoms. The maximum atomic E-state index is 12.6. The fourth-order valence-electron chi connectivity index (χ4n) is 2.88. The van der Waals surface area contributed by atoms with Crippen LogP contribution in [0.5, 0.6) is 5.75 Å². The molecule has 2 aromatic carbocycles. The molecular formula is C22H29NO3. The molecule has 1 atom stereocenters. The Hall–Kier alpha value is -2.17. The van der Waals surface area contributed by atoms with Crippen molar-refractivity contribution in [3.8, 4) is 5.75 Å². The minimum absolute atomic E-state index is 0.0580. The highest BCUT2D eigenvalue weighted by atomic mass is 16.5. The number of carbonyl (C=O) groups is 1. The molecule has 0 aromatic heterocycles. The number of carbonyl (C=O) groups excluding carboxylic acids is 1. The van der Waals surface area contributed by atoms with Crippen LogP contribution in [0.1, 0.15) is 36.2 Å². The summed E-state index contributed by atoms with van der Waals surface area (Å²) in [7, 11) is 0. The number of hydrogen-bond donors (Lipinski definition) is 1. The van der Waals surface area contributed by atoms with E-state index in [0.29, 0.717) is 30.7 Å². The average Bonchev–Trinajstić information content (AvgIpc) is 2.69. The van der Waals surface area contributed by atoms with Crippen molar-refractivity contribution >= 4 is 5.78 Å². The van der Waals surface area contributed by atoms with Gasteiger partial charge in [-0.1, -0.05) is 56.3 Å². The van der Waals surface area contributed by atoms with E-state index in [9.17, 15) is 9.90 Å². The summed E-state index contributed by atoms with van der Waals surface area (Å²) in [5.41, 5.74) is 1.73. The van der Waals surface area contributed by atoms with E-state index < -0.39 is 6.10 Å². The van der Waals surface area contributed by atoms with Crippen LogP contribution in [0.2, 0.25) is 0 Å². The monoisotopic (exact) mass is 355 g/mol. The van der Waals surface area contributed by atoms with Crippen LogP contribution in [0, 0.1) is 0 Å². The van der Waals surface area contributed by atoms with Gasteiger partial charge in [0, 0.05) is 13.0 Å². The SMILES string of the molecule is CCN(CC)C[C@@H](O)COc1ccccc1C(=O)CCc1ccccc1. The van der Waals surface area contributed by atoms with E-state index in [0.717, 1.165) is 18.7 Å². The van der Waals surface area contributed by atoms with Crippen LogP contribution >= 0.6 is 0 Å². The number of ether oxygens (including phenoxy) is 1. The van der Waals surface area contributed by atoms with Crippen LogP contribution in [0.25, 0.3) is 0 Å². The lowest BCUT2D eigenvalue weighted by molar-refractivity contribution is 0.0707. The molecule has 4 nitrogen and oxygen atoms in total.